The lowest BCUT2D eigenvalue weighted by molar-refractivity contribution is 0.584. The average Bonchev–Trinajstić information content (AvgIpc) is 2.21. The smallest absolute Gasteiger partial charge is 0.214 e. The van der Waals surface area contributed by atoms with Crippen LogP contribution in [0.15, 0.2) is 17.0 Å². The van der Waals surface area contributed by atoms with E-state index < -0.39 is 15.8 Å². The average molecular weight is 252 g/mol. The Labute approximate surface area is 93.3 Å². The van der Waals surface area contributed by atoms with E-state index in [9.17, 15) is 12.8 Å². The molecule has 0 amide bonds. The SMILES string of the molecule is CNS(=O)(=O)c1cc(C)c(F)c(CCl)c1. The van der Waals surface area contributed by atoms with Crippen LogP contribution in [0.4, 0.5) is 4.39 Å². The highest BCUT2D eigenvalue weighted by molar-refractivity contribution is 7.89. The van der Waals surface area contributed by atoms with E-state index in [0.717, 1.165) is 0 Å². The molecule has 0 bridgehead atoms. The molecule has 0 saturated heterocycles. The maximum atomic E-state index is 13.4. The van der Waals surface area contributed by atoms with Gasteiger partial charge in [0.25, 0.3) is 0 Å². The molecule has 0 aliphatic heterocycles. The van der Waals surface area contributed by atoms with Gasteiger partial charge in [-0.25, -0.2) is 17.5 Å². The molecule has 0 aliphatic rings. The Morgan fingerprint density at radius 3 is 2.53 bits per heavy atom. The second kappa shape index (κ2) is 4.47. The van der Waals surface area contributed by atoms with Crippen molar-refractivity contribution in [3.63, 3.8) is 0 Å². The quantitative estimate of drug-likeness (QED) is 0.833. The summed E-state index contributed by atoms with van der Waals surface area (Å²) >= 11 is 5.51. The van der Waals surface area contributed by atoms with Crippen molar-refractivity contribution in [1.29, 1.82) is 0 Å². The van der Waals surface area contributed by atoms with Crippen LogP contribution in [0.2, 0.25) is 0 Å². The van der Waals surface area contributed by atoms with Gasteiger partial charge in [-0.05, 0) is 31.7 Å². The summed E-state index contributed by atoms with van der Waals surface area (Å²) < 4.78 is 38.4. The number of rotatable bonds is 3. The molecule has 0 heterocycles. The van der Waals surface area contributed by atoms with Crippen LogP contribution in [-0.4, -0.2) is 15.5 Å². The molecule has 1 aromatic carbocycles. The molecule has 1 N–H and O–H groups in total. The van der Waals surface area contributed by atoms with E-state index in [2.05, 4.69) is 4.72 Å². The fraction of sp³-hybridized carbons (Fsp3) is 0.333. The second-order valence-corrected chi connectivity index (χ2v) is 5.21. The summed E-state index contributed by atoms with van der Waals surface area (Å²) in [5, 5.41) is 0. The van der Waals surface area contributed by atoms with E-state index in [1.54, 1.807) is 0 Å². The van der Waals surface area contributed by atoms with Crippen molar-refractivity contribution in [2.75, 3.05) is 7.05 Å². The Bertz CT molecular complexity index is 473. The molecule has 0 unspecified atom stereocenters. The monoisotopic (exact) mass is 251 g/mol. The molecule has 3 nitrogen and oxygen atoms in total. The van der Waals surface area contributed by atoms with Crippen molar-refractivity contribution in [3.8, 4) is 0 Å². The van der Waals surface area contributed by atoms with Crippen LogP contribution in [0.1, 0.15) is 11.1 Å². The number of sulfonamides is 1. The minimum absolute atomic E-state index is 0.0274. The van der Waals surface area contributed by atoms with Crippen LogP contribution in [-0.2, 0) is 15.9 Å². The molecule has 0 aliphatic carbocycles. The lowest BCUT2D eigenvalue weighted by Crippen LogP contribution is -2.19. The number of nitrogens with one attached hydrogen (secondary N) is 1. The van der Waals surface area contributed by atoms with Gasteiger partial charge in [-0.1, -0.05) is 0 Å². The zero-order valence-corrected chi connectivity index (χ0v) is 9.91. The van der Waals surface area contributed by atoms with E-state index in [1.807, 2.05) is 0 Å². The van der Waals surface area contributed by atoms with Crippen molar-refractivity contribution in [2.45, 2.75) is 17.7 Å². The highest BCUT2D eigenvalue weighted by Gasteiger charge is 2.15. The van der Waals surface area contributed by atoms with Gasteiger partial charge in [0.05, 0.1) is 10.8 Å². The van der Waals surface area contributed by atoms with Crippen LogP contribution in [0.5, 0.6) is 0 Å². The number of benzene rings is 1. The topological polar surface area (TPSA) is 46.2 Å². The molecular weight excluding hydrogens is 241 g/mol. The van der Waals surface area contributed by atoms with Gasteiger partial charge in [-0.15, -0.1) is 11.6 Å². The number of hydrogen-bond donors (Lipinski definition) is 1. The van der Waals surface area contributed by atoms with Gasteiger partial charge < -0.3 is 0 Å². The third kappa shape index (κ3) is 2.48. The lowest BCUT2D eigenvalue weighted by atomic mass is 10.1. The highest BCUT2D eigenvalue weighted by Crippen LogP contribution is 2.20. The maximum Gasteiger partial charge on any atom is 0.240 e. The van der Waals surface area contributed by atoms with Crippen LogP contribution in [0, 0.1) is 12.7 Å². The molecule has 15 heavy (non-hydrogen) atoms. The van der Waals surface area contributed by atoms with Crippen molar-refractivity contribution >= 4 is 21.6 Å². The van der Waals surface area contributed by atoms with Gasteiger partial charge in [0.1, 0.15) is 5.82 Å². The van der Waals surface area contributed by atoms with E-state index in [0.29, 0.717) is 0 Å². The van der Waals surface area contributed by atoms with Crippen molar-refractivity contribution in [2.24, 2.45) is 0 Å². The predicted molar refractivity (Wildman–Crippen MR) is 56.9 cm³/mol. The molecule has 0 spiro atoms. The first-order valence-electron chi connectivity index (χ1n) is 4.21. The number of halogens is 2. The lowest BCUT2D eigenvalue weighted by Gasteiger charge is -2.07. The van der Waals surface area contributed by atoms with E-state index >= 15 is 0 Å². The van der Waals surface area contributed by atoms with Gasteiger partial charge in [-0.3, -0.25) is 0 Å². The molecule has 84 valence electrons. The van der Waals surface area contributed by atoms with Crippen LogP contribution in [0.25, 0.3) is 0 Å². The summed E-state index contributed by atoms with van der Waals surface area (Å²) in [5.74, 6) is -0.514. The molecule has 0 atom stereocenters. The maximum absolute atomic E-state index is 13.4. The zero-order chi connectivity index (χ0) is 11.6. The van der Waals surface area contributed by atoms with E-state index in [1.165, 1.54) is 26.1 Å². The van der Waals surface area contributed by atoms with Gasteiger partial charge in [0, 0.05) is 5.56 Å². The van der Waals surface area contributed by atoms with Gasteiger partial charge in [0.2, 0.25) is 10.0 Å². The standard InChI is InChI=1S/C9H11ClFNO2S/c1-6-3-8(15(13,14)12-2)4-7(5-10)9(6)11/h3-4,12H,5H2,1-2H3. The van der Waals surface area contributed by atoms with Crippen LogP contribution >= 0.6 is 11.6 Å². The zero-order valence-electron chi connectivity index (χ0n) is 8.34. The Morgan fingerprint density at radius 2 is 2.07 bits per heavy atom. The Morgan fingerprint density at radius 1 is 1.47 bits per heavy atom. The van der Waals surface area contributed by atoms with Crippen molar-refractivity contribution < 1.29 is 12.8 Å². The first-order valence-corrected chi connectivity index (χ1v) is 6.22. The number of hydrogen-bond acceptors (Lipinski definition) is 2. The fourth-order valence-electron chi connectivity index (χ4n) is 1.18. The molecule has 0 aromatic heterocycles. The van der Waals surface area contributed by atoms with Crippen molar-refractivity contribution in [3.05, 3.63) is 29.1 Å². The molecule has 6 heteroatoms. The van der Waals surface area contributed by atoms with Crippen LogP contribution < -0.4 is 4.72 Å². The van der Waals surface area contributed by atoms with E-state index in [-0.39, 0.29) is 21.9 Å². The molecule has 0 radical (unpaired) electrons. The third-order valence-corrected chi connectivity index (χ3v) is 3.71. The largest absolute Gasteiger partial charge is 0.240 e. The Kier molecular flexibility index (Phi) is 3.70. The normalized spacial score (nSPS) is 11.7. The number of aryl methyl sites for hydroxylation is 1. The second-order valence-electron chi connectivity index (χ2n) is 3.05. The van der Waals surface area contributed by atoms with Crippen molar-refractivity contribution in [1.82, 2.24) is 4.72 Å². The predicted octanol–water partition coefficient (Wildman–Crippen LogP) is 1.78. The Hall–Kier alpha value is -0.650. The van der Waals surface area contributed by atoms with E-state index in [4.69, 9.17) is 11.6 Å². The summed E-state index contributed by atoms with van der Waals surface area (Å²) in [5.41, 5.74) is 0.451. The van der Waals surface area contributed by atoms with Gasteiger partial charge in [0.15, 0.2) is 0 Å². The molecule has 0 fully saturated rings. The molecule has 1 rings (SSSR count). The van der Waals surface area contributed by atoms with Gasteiger partial charge in [-0.2, -0.15) is 0 Å². The third-order valence-electron chi connectivity index (χ3n) is 2.03. The Balaban J connectivity index is 3.42. The minimum atomic E-state index is -3.55. The summed E-state index contributed by atoms with van der Waals surface area (Å²) in [6.45, 7) is 1.50. The summed E-state index contributed by atoms with van der Waals surface area (Å²) in [6.07, 6.45) is 0. The summed E-state index contributed by atoms with van der Waals surface area (Å²) in [4.78, 5) is 0.0274. The molecular formula is C9H11ClFNO2S. The number of alkyl halides is 1. The first-order chi connectivity index (χ1) is 6.92. The van der Waals surface area contributed by atoms with Gasteiger partial charge >= 0.3 is 0 Å². The summed E-state index contributed by atoms with van der Waals surface area (Å²) in [7, 11) is -2.25. The molecule has 1 aromatic rings. The molecule has 0 saturated carbocycles. The first kappa shape index (κ1) is 12.4. The minimum Gasteiger partial charge on any atom is -0.214 e. The highest BCUT2D eigenvalue weighted by atomic mass is 35.5. The summed E-state index contributed by atoms with van der Waals surface area (Å²) in [6, 6.07) is 2.51. The fourth-order valence-corrected chi connectivity index (χ4v) is 2.24. The van der Waals surface area contributed by atoms with Crippen LogP contribution in [0.3, 0.4) is 0 Å².